The molecule has 9 nitrogen and oxygen atoms in total. The van der Waals surface area contributed by atoms with E-state index in [1.807, 2.05) is 40.8 Å². The number of carbonyl (C=O) groups excluding carboxylic acids is 1. The maximum Gasteiger partial charge on any atom is 0.341 e. The highest BCUT2D eigenvalue weighted by molar-refractivity contribution is 14.1. The van der Waals surface area contributed by atoms with Crippen LogP contribution in [0.25, 0.3) is 6.08 Å². The van der Waals surface area contributed by atoms with Crippen LogP contribution in [0.5, 0.6) is 11.5 Å². The van der Waals surface area contributed by atoms with Crippen molar-refractivity contribution >= 4 is 69.2 Å². The van der Waals surface area contributed by atoms with Crippen molar-refractivity contribution in [2.75, 3.05) is 19.0 Å². The lowest BCUT2D eigenvalue weighted by atomic mass is 9.95. The molecule has 4 aromatic rings. The van der Waals surface area contributed by atoms with Crippen LogP contribution < -0.4 is 29.7 Å². The van der Waals surface area contributed by atoms with Gasteiger partial charge in [0.2, 0.25) is 0 Å². The first-order valence-corrected chi connectivity index (χ1v) is 14.8. The smallest absolute Gasteiger partial charge is 0.341 e. The van der Waals surface area contributed by atoms with Gasteiger partial charge >= 0.3 is 5.97 Å². The summed E-state index contributed by atoms with van der Waals surface area (Å²) in [5.41, 5.74) is 2.48. The van der Waals surface area contributed by atoms with Gasteiger partial charge in [0.15, 0.2) is 22.9 Å². The molecule has 2 heterocycles. The van der Waals surface area contributed by atoms with Crippen molar-refractivity contribution < 1.29 is 24.2 Å². The number of allylic oxidation sites excluding steroid dienone is 1. The monoisotopic (exact) mass is 715 g/mol. The Morgan fingerprint density at radius 1 is 1.17 bits per heavy atom. The summed E-state index contributed by atoms with van der Waals surface area (Å²) in [5, 5.41) is 12.5. The minimum absolute atomic E-state index is 0.298. The van der Waals surface area contributed by atoms with Crippen LogP contribution >= 0.6 is 45.5 Å². The van der Waals surface area contributed by atoms with Crippen molar-refractivity contribution in [3.8, 4) is 11.5 Å². The van der Waals surface area contributed by atoms with E-state index in [4.69, 9.17) is 26.2 Å². The molecule has 1 aliphatic heterocycles. The fourth-order valence-corrected chi connectivity index (χ4v) is 6.49. The normalized spacial score (nSPS) is 14.7. The fraction of sp³-hybridized carbons (Fsp3) is 0.133. The summed E-state index contributed by atoms with van der Waals surface area (Å²) in [6, 6.07) is 18.8. The van der Waals surface area contributed by atoms with Crippen LogP contribution in [0.15, 0.2) is 87.8 Å². The van der Waals surface area contributed by atoms with Crippen LogP contribution in [0.4, 0.5) is 5.69 Å². The number of benzene rings is 3. The number of para-hydroxylation sites is 1. The van der Waals surface area contributed by atoms with E-state index in [0.717, 1.165) is 0 Å². The Labute approximate surface area is 262 Å². The van der Waals surface area contributed by atoms with Gasteiger partial charge in [-0.05, 0) is 83.1 Å². The quantitative estimate of drug-likeness (QED) is 0.258. The summed E-state index contributed by atoms with van der Waals surface area (Å²) in [7, 11) is 1.45. The van der Waals surface area contributed by atoms with E-state index < -0.39 is 18.6 Å². The maximum absolute atomic E-state index is 14.0. The molecule has 0 aliphatic carbocycles. The number of methoxy groups -OCH3 is 1. The Kier molecular flexibility index (Phi) is 8.80. The lowest BCUT2D eigenvalue weighted by molar-refractivity contribution is -0.139. The van der Waals surface area contributed by atoms with E-state index in [2.05, 4.69) is 10.3 Å². The van der Waals surface area contributed by atoms with E-state index in [0.29, 0.717) is 57.5 Å². The molecular formula is C30H23ClIN3O6S. The number of carboxylic acids is 1. The molecule has 0 spiro atoms. The second-order valence-electron chi connectivity index (χ2n) is 9.17. The Bertz CT molecular complexity index is 1900. The number of anilines is 1. The molecule has 0 saturated heterocycles. The highest BCUT2D eigenvalue weighted by atomic mass is 127. The number of aromatic nitrogens is 1. The van der Waals surface area contributed by atoms with E-state index in [9.17, 15) is 14.4 Å². The maximum atomic E-state index is 14.0. The van der Waals surface area contributed by atoms with E-state index in [-0.39, 0.29) is 11.5 Å². The van der Waals surface area contributed by atoms with Gasteiger partial charge in [0.05, 0.1) is 32.5 Å². The number of fused-ring (bicyclic) bond motifs is 1. The molecule has 1 atom stereocenters. The number of amides is 1. The van der Waals surface area contributed by atoms with Crippen LogP contribution in [-0.4, -0.2) is 35.3 Å². The van der Waals surface area contributed by atoms with Crippen LogP contribution in [0.1, 0.15) is 24.1 Å². The number of nitrogens with zero attached hydrogens (tertiary/aromatic N) is 2. The van der Waals surface area contributed by atoms with Gasteiger partial charge in [-0.1, -0.05) is 53.3 Å². The Morgan fingerprint density at radius 2 is 1.88 bits per heavy atom. The molecule has 0 saturated carbocycles. The number of thiazole rings is 1. The number of nitrogens with one attached hydrogen (secondary N) is 1. The fourth-order valence-electron chi connectivity index (χ4n) is 4.54. The average Bonchev–Trinajstić information content (AvgIpc) is 3.26. The molecule has 214 valence electrons. The third-order valence-electron chi connectivity index (χ3n) is 6.37. The number of ether oxygens (including phenoxy) is 2. The Morgan fingerprint density at radius 3 is 2.55 bits per heavy atom. The molecular weight excluding hydrogens is 693 g/mol. The van der Waals surface area contributed by atoms with Gasteiger partial charge in [0.25, 0.3) is 11.5 Å². The topological polar surface area (TPSA) is 119 Å². The molecule has 2 N–H and O–H groups in total. The van der Waals surface area contributed by atoms with E-state index >= 15 is 0 Å². The zero-order valence-electron chi connectivity index (χ0n) is 22.3. The summed E-state index contributed by atoms with van der Waals surface area (Å²) in [4.78, 5) is 43.7. The van der Waals surface area contributed by atoms with Crippen LogP contribution in [-0.2, 0) is 9.59 Å². The van der Waals surface area contributed by atoms with Crippen molar-refractivity contribution in [3.63, 3.8) is 0 Å². The lowest BCUT2D eigenvalue weighted by Crippen LogP contribution is -2.40. The molecule has 12 heteroatoms. The molecule has 0 bridgehead atoms. The van der Waals surface area contributed by atoms with Gasteiger partial charge in [0, 0.05) is 10.7 Å². The van der Waals surface area contributed by atoms with Gasteiger partial charge in [-0.3, -0.25) is 14.2 Å². The van der Waals surface area contributed by atoms with Gasteiger partial charge in [0.1, 0.15) is 0 Å². The van der Waals surface area contributed by atoms with Crippen LogP contribution in [0, 0.1) is 3.57 Å². The second kappa shape index (κ2) is 12.5. The SMILES string of the molecule is COc1cc(/C=c2\sc3n(c2=O)[C@H](c2ccc(Cl)cc2)C(C(=O)Nc2ccccc2)=C(C)N=3)cc(I)c1OCC(=O)O. The minimum atomic E-state index is -1.11. The largest absolute Gasteiger partial charge is 0.493 e. The van der Waals surface area contributed by atoms with Gasteiger partial charge < -0.3 is 19.9 Å². The highest BCUT2D eigenvalue weighted by Gasteiger charge is 2.32. The van der Waals surface area contributed by atoms with Gasteiger partial charge in [-0.15, -0.1) is 0 Å². The van der Waals surface area contributed by atoms with Crippen molar-refractivity contribution in [3.05, 3.63) is 117 Å². The van der Waals surface area contributed by atoms with Crippen LogP contribution in [0.3, 0.4) is 0 Å². The third kappa shape index (κ3) is 6.13. The molecule has 1 aromatic heterocycles. The predicted octanol–water partition coefficient (Wildman–Crippen LogP) is 4.60. The molecule has 0 fully saturated rings. The lowest BCUT2D eigenvalue weighted by Gasteiger charge is -2.25. The summed E-state index contributed by atoms with van der Waals surface area (Å²) >= 11 is 9.39. The second-order valence-corrected chi connectivity index (χ2v) is 11.8. The van der Waals surface area contributed by atoms with Gasteiger partial charge in [-0.25, -0.2) is 9.79 Å². The molecule has 3 aromatic carbocycles. The molecule has 1 amide bonds. The minimum Gasteiger partial charge on any atom is -0.493 e. The number of halogens is 2. The number of aliphatic carboxylic acids is 1. The summed E-state index contributed by atoms with van der Waals surface area (Å²) < 4.78 is 13.4. The number of carbonyl (C=O) groups is 2. The highest BCUT2D eigenvalue weighted by Crippen LogP contribution is 2.34. The summed E-state index contributed by atoms with van der Waals surface area (Å²) in [6.45, 7) is 1.23. The third-order valence-corrected chi connectivity index (χ3v) is 8.41. The molecule has 5 rings (SSSR count). The first-order valence-electron chi connectivity index (χ1n) is 12.5. The van der Waals surface area contributed by atoms with Crippen molar-refractivity contribution in [1.82, 2.24) is 4.57 Å². The first-order chi connectivity index (χ1) is 20.2. The molecule has 0 unspecified atom stereocenters. The first kappa shape index (κ1) is 29.5. The molecule has 1 aliphatic rings. The average molecular weight is 716 g/mol. The Balaban J connectivity index is 1.63. The van der Waals surface area contributed by atoms with Gasteiger partial charge in [-0.2, -0.15) is 0 Å². The van der Waals surface area contributed by atoms with Crippen molar-refractivity contribution in [1.29, 1.82) is 0 Å². The van der Waals surface area contributed by atoms with Crippen molar-refractivity contribution in [2.45, 2.75) is 13.0 Å². The standard InChI is InChI=1S/C30H23ClIN3O6S/c1-16-25(28(38)34-20-6-4-3-5-7-20)26(18-8-10-19(31)11-9-18)35-29(39)23(42-30(35)33-16)14-17-12-21(32)27(22(13-17)40-2)41-15-24(36)37/h3-14,26H,15H2,1-2H3,(H,34,38)(H,36,37)/b23-14-/t26-/m1/s1. The zero-order chi connectivity index (χ0) is 30.0. The Hall–Kier alpha value is -3.94. The van der Waals surface area contributed by atoms with Crippen molar-refractivity contribution in [2.24, 2.45) is 4.99 Å². The number of hydrogen-bond acceptors (Lipinski definition) is 7. The summed E-state index contributed by atoms with van der Waals surface area (Å²) in [5.74, 6) is -0.850. The van der Waals surface area contributed by atoms with E-state index in [1.165, 1.54) is 23.0 Å². The van der Waals surface area contributed by atoms with E-state index in [1.54, 1.807) is 61.5 Å². The zero-order valence-corrected chi connectivity index (χ0v) is 26.0. The summed E-state index contributed by atoms with van der Waals surface area (Å²) in [6.07, 6.45) is 1.71. The number of rotatable bonds is 8. The number of carboxylic acid groups (broad SMARTS) is 1. The number of hydrogen-bond donors (Lipinski definition) is 2. The van der Waals surface area contributed by atoms with Crippen LogP contribution in [0.2, 0.25) is 5.02 Å². The molecule has 0 radical (unpaired) electrons. The molecule has 42 heavy (non-hydrogen) atoms. The predicted molar refractivity (Wildman–Crippen MR) is 169 cm³/mol.